The van der Waals surface area contributed by atoms with Gasteiger partial charge in [0.2, 0.25) is 0 Å². The minimum Gasteiger partial charge on any atom is -0.422 e. The first kappa shape index (κ1) is 15.6. The number of hydrogen-bond acceptors (Lipinski definition) is 3. The van der Waals surface area contributed by atoms with Gasteiger partial charge in [0.15, 0.2) is 4.77 Å². The Balaban J connectivity index is 1.88. The summed E-state index contributed by atoms with van der Waals surface area (Å²) in [6.07, 6.45) is 1.84. The largest absolute Gasteiger partial charge is 0.422 e. The molecule has 0 atom stereocenters. The van der Waals surface area contributed by atoms with Crippen LogP contribution in [0.4, 0.5) is 0 Å². The first-order valence-corrected chi connectivity index (χ1v) is 8.36. The third-order valence-corrected chi connectivity index (χ3v) is 4.72. The Morgan fingerprint density at radius 1 is 1.04 bits per heavy atom. The Bertz CT molecular complexity index is 1210. The van der Waals surface area contributed by atoms with Gasteiger partial charge in [0.25, 0.3) is 0 Å². The molecule has 0 spiro atoms. The smallest absolute Gasteiger partial charge is 0.345 e. The molecular weight excluding hydrogens is 332 g/mol. The summed E-state index contributed by atoms with van der Waals surface area (Å²) in [4.78, 5) is 15.5. The van der Waals surface area contributed by atoms with Crippen molar-refractivity contribution in [1.29, 1.82) is 0 Å². The number of H-pyrrole nitrogens is 1. The molecule has 0 bridgehead atoms. The van der Waals surface area contributed by atoms with Crippen molar-refractivity contribution >= 4 is 23.2 Å². The summed E-state index contributed by atoms with van der Waals surface area (Å²) >= 11 is 5.44. The number of nitrogens with one attached hydrogen (secondary N) is 1. The quantitative estimate of drug-likeness (QED) is 0.413. The fourth-order valence-electron chi connectivity index (χ4n) is 2.85. The van der Waals surface area contributed by atoms with E-state index in [1.807, 2.05) is 41.1 Å². The summed E-state index contributed by atoms with van der Waals surface area (Å²) in [6.45, 7) is 4.13. The lowest BCUT2D eigenvalue weighted by Crippen LogP contribution is -2.02. The molecule has 0 fully saturated rings. The molecule has 0 aliphatic heterocycles. The number of para-hydroxylation sites is 1. The van der Waals surface area contributed by atoms with Gasteiger partial charge in [0, 0.05) is 17.3 Å². The predicted octanol–water partition coefficient (Wildman–Crippen LogP) is 4.93. The maximum atomic E-state index is 12.4. The third kappa shape index (κ3) is 2.72. The lowest BCUT2D eigenvalue weighted by atomic mass is 10.1. The highest BCUT2D eigenvalue weighted by atomic mass is 32.1. The van der Waals surface area contributed by atoms with Crippen molar-refractivity contribution in [1.82, 2.24) is 9.55 Å². The van der Waals surface area contributed by atoms with Crippen LogP contribution in [0, 0.1) is 18.6 Å². The number of aryl methyl sites for hydroxylation is 2. The normalized spacial score (nSPS) is 11.1. The zero-order valence-electron chi connectivity index (χ0n) is 13.9. The van der Waals surface area contributed by atoms with Crippen LogP contribution in [0.25, 0.3) is 27.9 Å². The Hall–Kier alpha value is -2.92. The molecule has 25 heavy (non-hydrogen) atoms. The molecule has 0 aliphatic carbocycles. The molecule has 5 heteroatoms. The Morgan fingerprint density at radius 3 is 2.64 bits per heavy atom. The SMILES string of the molecule is Cc1ccc(-n2cc(-c3cc4ccccc4oc3=O)[nH]c2=S)cc1C. The van der Waals surface area contributed by atoms with Gasteiger partial charge in [0.05, 0.1) is 11.3 Å². The van der Waals surface area contributed by atoms with Gasteiger partial charge in [-0.25, -0.2) is 4.79 Å². The average Bonchev–Trinajstić information content (AvgIpc) is 2.98. The van der Waals surface area contributed by atoms with Gasteiger partial charge < -0.3 is 9.40 Å². The van der Waals surface area contributed by atoms with Gasteiger partial charge in [-0.1, -0.05) is 24.3 Å². The highest BCUT2D eigenvalue weighted by Crippen LogP contribution is 2.22. The molecule has 2 aromatic carbocycles. The Kier molecular flexibility index (Phi) is 3.66. The van der Waals surface area contributed by atoms with Gasteiger partial charge in [0.1, 0.15) is 5.58 Å². The summed E-state index contributed by atoms with van der Waals surface area (Å²) in [7, 11) is 0. The highest BCUT2D eigenvalue weighted by Gasteiger charge is 2.11. The Labute approximate surface area is 149 Å². The highest BCUT2D eigenvalue weighted by molar-refractivity contribution is 7.71. The van der Waals surface area contributed by atoms with Crippen LogP contribution >= 0.6 is 12.2 Å². The molecule has 2 heterocycles. The number of aromatic nitrogens is 2. The fourth-order valence-corrected chi connectivity index (χ4v) is 3.12. The molecule has 0 saturated heterocycles. The molecule has 4 nitrogen and oxygen atoms in total. The van der Waals surface area contributed by atoms with Crippen molar-refractivity contribution in [3.63, 3.8) is 0 Å². The van der Waals surface area contributed by atoms with Crippen LogP contribution < -0.4 is 5.63 Å². The molecule has 124 valence electrons. The van der Waals surface area contributed by atoms with E-state index in [2.05, 4.69) is 31.0 Å². The van der Waals surface area contributed by atoms with Crippen LogP contribution in [0.1, 0.15) is 11.1 Å². The molecule has 2 aromatic heterocycles. The van der Waals surface area contributed by atoms with Crippen LogP contribution in [0.2, 0.25) is 0 Å². The van der Waals surface area contributed by atoms with Crippen molar-refractivity contribution in [2.45, 2.75) is 13.8 Å². The maximum absolute atomic E-state index is 12.4. The number of nitrogens with zero attached hydrogens (tertiary/aromatic N) is 1. The number of aromatic amines is 1. The summed E-state index contributed by atoms with van der Waals surface area (Å²) in [6, 6.07) is 15.4. The number of benzene rings is 2. The average molecular weight is 348 g/mol. The van der Waals surface area contributed by atoms with Crippen molar-refractivity contribution in [2.75, 3.05) is 0 Å². The molecular formula is C20H16N2O2S. The first-order chi connectivity index (χ1) is 12.0. The third-order valence-electron chi connectivity index (χ3n) is 4.42. The number of rotatable bonds is 2. The lowest BCUT2D eigenvalue weighted by Gasteiger charge is -2.05. The first-order valence-electron chi connectivity index (χ1n) is 7.95. The molecule has 0 radical (unpaired) electrons. The zero-order valence-corrected chi connectivity index (χ0v) is 14.7. The fraction of sp³-hybridized carbons (Fsp3) is 0.100. The number of imidazole rings is 1. The summed E-state index contributed by atoms with van der Waals surface area (Å²) in [5.74, 6) is 0. The molecule has 0 saturated carbocycles. The van der Waals surface area contributed by atoms with E-state index in [1.165, 1.54) is 11.1 Å². The molecule has 0 unspecified atom stereocenters. The van der Waals surface area contributed by atoms with E-state index in [-0.39, 0.29) is 5.63 Å². The van der Waals surface area contributed by atoms with Crippen molar-refractivity contribution < 1.29 is 4.42 Å². The van der Waals surface area contributed by atoms with E-state index >= 15 is 0 Å². The Morgan fingerprint density at radius 2 is 1.84 bits per heavy atom. The van der Waals surface area contributed by atoms with E-state index < -0.39 is 0 Å². The van der Waals surface area contributed by atoms with Gasteiger partial charge in [-0.3, -0.25) is 4.57 Å². The minimum atomic E-state index is -0.387. The summed E-state index contributed by atoms with van der Waals surface area (Å²) < 4.78 is 7.82. The van der Waals surface area contributed by atoms with E-state index in [4.69, 9.17) is 16.6 Å². The van der Waals surface area contributed by atoms with Gasteiger partial charge in [-0.2, -0.15) is 0 Å². The topological polar surface area (TPSA) is 50.9 Å². The molecule has 4 rings (SSSR count). The van der Waals surface area contributed by atoms with Crippen LogP contribution in [-0.2, 0) is 0 Å². The lowest BCUT2D eigenvalue weighted by molar-refractivity contribution is 0.563. The van der Waals surface area contributed by atoms with Gasteiger partial charge in [-0.15, -0.1) is 0 Å². The van der Waals surface area contributed by atoms with Crippen LogP contribution in [0.5, 0.6) is 0 Å². The summed E-state index contributed by atoms with van der Waals surface area (Å²) in [5, 5.41) is 0.871. The summed E-state index contributed by atoms with van der Waals surface area (Å²) in [5.41, 5.74) is 4.66. The second-order valence-electron chi connectivity index (χ2n) is 6.10. The molecule has 4 aromatic rings. The van der Waals surface area contributed by atoms with Crippen LogP contribution in [0.15, 0.2) is 63.9 Å². The second-order valence-corrected chi connectivity index (χ2v) is 6.48. The number of fused-ring (bicyclic) bond motifs is 1. The van der Waals surface area contributed by atoms with Crippen molar-refractivity contribution in [3.8, 4) is 16.9 Å². The van der Waals surface area contributed by atoms with Crippen molar-refractivity contribution in [3.05, 3.63) is 81.0 Å². The van der Waals surface area contributed by atoms with Crippen molar-refractivity contribution in [2.24, 2.45) is 0 Å². The second kappa shape index (κ2) is 5.86. The minimum absolute atomic E-state index is 0.387. The van der Waals surface area contributed by atoms with E-state index in [9.17, 15) is 4.79 Å². The predicted molar refractivity (Wildman–Crippen MR) is 102 cm³/mol. The van der Waals surface area contributed by atoms with Crippen LogP contribution in [0.3, 0.4) is 0 Å². The zero-order chi connectivity index (χ0) is 17.6. The molecule has 0 aliphatic rings. The van der Waals surface area contributed by atoms with Gasteiger partial charge >= 0.3 is 5.63 Å². The monoisotopic (exact) mass is 348 g/mol. The van der Waals surface area contributed by atoms with Gasteiger partial charge in [-0.05, 0) is 61.5 Å². The standard InChI is InChI=1S/C20H16N2O2S/c1-12-7-8-15(9-13(12)2)22-11-17(21-20(22)25)16-10-14-5-3-4-6-18(14)24-19(16)23/h3-11H,1-2H3,(H,21,25). The molecule has 0 amide bonds. The molecule has 1 N–H and O–H groups in total. The maximum Gasteiger partial charge on any atom is 0.345 e. The van der Waals surface area contributed by atoms with E-state index in [1.54, 1.807) is 6.07 Å². The van der Waals surface area contributed by atoms with E-state index in [0.717, 1.165) is 11.1 Å². The number of hydrogen-bond donors (Lipinski definition) is 1. The van der Waals surface area contributed by atoms with E-state index in [0.29, 0.717) is 21.6 Å². The van der Waals surface area contributed by atoms with Crippen LogP contribution in [-0.4, -0.2) is 9.55 Å².